The number of pyridine rings is 1. The highest BCUT2D eigenvalue weighted by atomic mass is 19.3. The molecule has 3 nitrogen and oxygen atoms in total. The van der Waals surface area contributed by atoms with Crippen molar-refractivity contribution in [3.05, 3.63) is 23.9 Å². The topological polar surface area (TPSA) is 42.4 Å². The van der Waals surface area contributed by atoms with Crippen molar-refractivity contribution in [3.63, 3.8) is 0 Å². The van der Waals surface area contributed by atoms with Crippen LogP contribution in [0.3, 0.4) is 0 Å². The van der Waals surface area contributed by atoms with Crippen LogP contribution in [0.4, 0.5) is 17.6 Å². The first kappa shape index (κ1) is 12.7. The fourth-order valence-corrected chi connectivity index (χ4v) is 0.902. The van der Waals surface area contributed by atoms with Crippen LogP contribution in [-0.4, -0.2) is 29.0 Å². The Morgan fingerprint density at radius 3 is 2.69 bits per heavy atom. The molecule has 90 valence electrons. The molecule has 7 heteroatoms. The van der Waals surface area contributed by atoms with E-state index in [0.717, 1.165) is 0 Å². The van der Waals surface area contributed by atoms with Gasteiger partial charge in [0.25, 0.3) is 0 Å². The summed E-state index contributed by atoms with van der Waals surface area (Å²) in [4.78, 5) is 3.55. The van der Waals surface area contributed by atoms with E-state index in [9.17, 15) is 17.6 Å². The number of ether oxygens (including phenoxy) is 1. The van der Waals surface area contributed by atoms with Crippen LogP contribution in [0.5, 0.6) is 5.88 Å². The van der Waals surface area contributed by atoms with E-state index in [1.54, 1.807) is 0 Å². The van der Waals surface area contributed by atoms with Crippen molar-refractivity contribution in [2.24, 2.45) is 0 Å². The summed E-state index contributed by atoms with van der Waals surface area (Å²) in [6, 6.07) is 2.85. The first-order valence-electron chi connectivity index (χ1n) is 4.31. The number of alkyl halides is 4. The lowest BCUT2D eigenvalue weighted by Gasteiger charge is -2.16. The number of halogens is 4. The summed E-state index contributed by atoms with van der Waals surface area (Å²) < 4.78 is 53.1. The van der Waals surface area contributed by atoms with Gasteiger partial charge in [-0.05, 0) is 12.1 Å². The molecule has 1 aromatic rings. The van der Waals surface area contributed by atoms with Crippen LogP contribution >= 0.6 is 0 Å². The van der Waals surface area contributed by atoms with Crippen LogP contribution < -0.4 is 4.74 Å². The maximum Gasteiger partial charge on any atom is 0.340 e. The van der Waals surface area contributed by atoms with Gasteiger partial charge in [0.2, 0.25) is 5.88 Å². The molecule has 0 fully saturated rings. The van der Waals surface area contributed by atoms with Gasteiger partial charge in [-0.2, -0.15) is 8.78 Å². The van der Waals surface area contributed by atoms with Crippen LogP contribution in [0, 0.1) is 0 Å². The maximum atomic E-state index is 12.5. The highest BCUT2D eigenvalue weighted by molar-refractivity contribution is 5.24. The van der Waals surface area contributed by atoms with E-state index in [0.29, 0.717) is 0 Å². The molecular weight excluding hydrogens is 230 g/mol. The minimum atomic E-state index is -4.23. The predicted octanol–water partition coefficient (Wildman–Crippen LogP) is 1.85. The molecular formula is C9H9F4NO2. The van der Waals surface area contributed by atoms with Crippen molar-refractivity contribution in [1.82, 2.24) is 4.98 Å². The monoisotopic (exact) mass is 239 g/mol. The van der Waals surface area contributed by atoms with E-state index in [1.807, 2.05) is 0 Å². The highest BCUT2D eigenvalue weighted by Gasteiger charge is 2.41. The molecule has 0 aliphatic rings. The van der Waals surface area contributed by atoms with Gasteiger partial charge in [0.15, 0.2) is 6.61 Å². The van der Waals surface area contributed by atoms with Crippen molar-refractivity contribution in [2.75, 3.05) is 6.61 Å². The van der Waals surface area contributed by atoms with Crippen molar-refractivity contribution in [1.29, 1.82) is 0 Å². The van der Waals surface area contributed by atoms with Crippen molar-refractivity contribution >= 4 is 0 Å². The van der Waals surface area contributed by atoms with Gasteiger partial charge in [0.1, 0.15) is 0 Å². The Morgan fingerprint density at radius 1 is 1.44 bits per heavy atom. The zero-order chi connectivity index (χ0) is 12.2. The number of aliphatic hydroxyl groups is 1. The van der Waals surface area contributed by atoms with Gasteiger partial charge >= 0.3 is 12.3 Å². The molecule has 0 amide bonds. The summed E-state index contributed by atoms with van der Waals surface area (Å²) in [6.07, 6.45) is -2.55. The molecule has 0 aromatic carbocycles. The van der Waals surface area contributed by atoms with E-state index in [-0.39, 0.29) is 11.4 Å². The minimum Gasteiger partial charge on any atom is -0.471 e. The smallest absolute Gasteiger partial charge is 0.340 e. The minimum absolute atomic E-state index is 0.160. The van der Waals surface area contributed by atoms with Crippen molar-refractivity contribution < 1.29 is 27.4 Å². The summed E-state index contributed by atoms with van der Waals surface area (Å²) in [5.74, 6) is -4.50. The van der Waals surface area contributed by atoms with E-state index in [4.69, 9.17) is 5.11 Å². The number of nitrogens with zero attached hydrogens (tertiary/aromatic N) is 1. The second kappa shape index (κ2) is 5.11. The van der Waals surface area contributed by atoms with Gasteiger partial charge in [-0.15, -0.1) is 0 Å². The number of hydrogen-bond acceptors (Lipinski definition) is 3. The van der Waals surface area contributed by atoms with Gasteiger partial charge in [0, 0.05) is 11.8 Å². The van der Waals surface area contributed by atoms with Crippen LogP contribution in [-0.2, 0) is 6.61 Å². The lowest BCUT2D eigenvalue weighted by atomic mass is 10.3. The van der Waals surface area contributed by atoms with Crippen LogP contribution in [0.25, 0.3) is 0 Å². The fourth-order valence-electron chi connectivity index (χ4n) is 0.902. The van der Waals surface area contributed by atoms with Gasteiger partial charge in [0.05, 0.1) is 6.61 Å². The third-order valence-corrected chi connectivity index (χ3v) is 1.74. The summed E-state index contributed by atoms with van der Waals surface area (Å²) in [7, 11) is 0. The molecule has 0 saturated carbocycles. The molecule has 0 radical (unpaired) electrons. The Kier molecular flexibility index (Phi) is 4.05. The molecule has 0 spiro atoms. The number of aliphatic hydroxyl groups excluding tert-OH is 1. The Labute approximate surface area is 88.7 Å². The SMILES string of the molecule is OCc1cccnc1OCC(F)(F)C(F)F. The second-order valence-electron chi connectivity index (χ2n) is 2.98. The molecule has 1 rings (SSSR count). The lowest BCUT2D eigenvalue weighted by Crippen LogP contribution is -2.34. The van der Waals surface area contributed by atoms with Gasteiger partial charge < -0.3 is 9.84 Å². The van der Waals surface area contributed by atoms with Gasteiger partial charge in [-0.25, -0.2) is 13.8 Å². The van der Waals surface area contributed by atoms with E-state index >= 15 is 0 Å². The van der Waals surface area contributed by atoms with Gasteiger partial charge in [-0.3, -0.25) is 0 Å². The number of rotatable bonds is 5. The largest absolute Gasteiger partial charge is 0.471 e. The summed E-state index contributed by atoms with van der Waals surface area (Å²) in [5.41, 5.74) is 0.160. The molecule has 1 N–H and O–H groups in total. The quantitative estimate of drug-likeness (QED) is 0.797. The van der Waals surface area contributed by atoms with Crippen molar-refractivity contribution in [2.45, 2.75) is 19.0 Å². The molecule has 1 aromatic heterocycles. The zero-order valence-electron chi connectivity index (χ0n) is 8.04. The highest BCUT2D eigenvalue weighted by Crippen LogP contribution is 2.24. The first-order chi connectivity index (χ1) is 7.47. The Bertz CT molecular complexity index is 346. The first-order valence-corrected chi connectivity index (χ1v) is 4.31. The van der Waals surface area contributed by atoms with Crippen LogP contribution in [0.1, 0.15) is 5.56 Å². The maximum absolute atomic E-state index is 12.5. The average molecular weight is 239 g/mol. The lowest BCUT2D eigenvalue weighted by molar-refractivity contribution is -0.148. The third-order valence-electron chi connectivity index (χ3n) is 1.74. The molecule has 0 aliphatic carbocycles. The van der Waals surface area contributed by atoms with Crippen LogP contribution in [0.15, 0.2) is 18.3 Å². The Hall–Kier alpha value is -1.37. The molecule has 16 heavy (non-hydrogen) atoms. The molecule has 0 bridgehead atoms. The standard InChI is InChI=1S/C9H9F4NO2/c10-8(11)9(12,13)5-16-7-6(4-15)2-1-3-14-7/h1-3,8,15H,4-5H2. The molecule has 0 unspecified atom stereocenters. The molecule has 0 aliphatic heterocycles. The van der Waals surface area contributed by atoms with Crippen LogP contribution in [0.2, 0.25) is 0 Å². The van der Waals surface area contributed by atoms with Crippen molar-refractivity contribution in [3.8, 4) is 5.88 Å². The number of hydrogen-bond donors (Lipinski definition) is 1. The van der Waals surface area contributed by atoms with E-state index in [1.165, 1.54) is 18.3 Å². The van der Waals surface area contributed by atoms with Gasteiger partial charge in [-0.1, -0.05) is 0 Å². The normalized spacial score (nSPS) is 11.9. The molecule has 1 heterocycles. The average Bonchev–Trinajstić information content (AvgIpc) is 2.26. The summed E-state index contributed by atoms with van der Waals surface area (Å²) in [5, 5.41) is 8.80. The summed E-state index contributed by atoms with van der Waals surface area (Å²) >= 11 is 0. The number of aromatic nitrogens is 1. The molecule has 0 saturated heterocycles. The Balaban J connectivity index is 2.67. The fraction of sp³-hybridized carbons (Fsp3) is 0.444. The summed E-state index contributed by atoms with van der Waals surface area (Å²) in [6.45, 7) is -1.95. The zero-order valence-corrected chi connectivity index (χ0v) is 8.04. The van der Waals surface area contributed by atoms with E-state index < -0.39 is 25.6 Å². The molecule has 0 atom stereocenters. The third kappa shape index (κ3) is 3.06. The Morgan fingerprint density at radius 2 is 2.12 bits per heavy atom. The van der Waals surface area contributed by atoms with E-state index in [2.05, 4.69) is 9.72 Å². The second-order valence-corrected chi connectivity index (χ2v) is 2.98. The predicted molar refractivity (Wildman–Crippen MR) is 46.6 cm³/mol.